The van der Waals surface area contributed by atoms with E-state index in [1.54, 1.807) is 25.3 Å². The zero-order chi connectivity index (χ0) is 21.3. The van der Waals surface area contributed by atoms with Gasteiger partial charge in [-0.3, -0.25) is 4.79 Å². The van der Waals surface area contributed by atoms with E-state index < -0.39 is 5.97 Å². The third-order valence-electron chi connectivity index (χ3n) is 4.30. The standard InChI is InChI=1S/C25H21NO4/c1-29-23-13-11-20(12-14-23)17-24(27)26-22-8-4-6-19(16-22)10-9-18-5-3-7-21(15-18)25(28)30-2/h3-8,11-16H,17H2,1-2H3,(H,26,27). The van der Waals surface area contributed by atoms with Gasteiger partial charge in [0, 0.05) is 16.8 Å². The van der Waals surface area contributed by atoms with Crippen LogP contribution in [0.5, 0.6) is 5.75 Å². The maximum absolute atomic E-state index is 12.3. The lowest BCUT2D eigenvalue weighted by Gasteiger charge is -2.06. The second-order valence-electron chi connectivity index (χ2n) is 6.48. The third-order valence-corrected chi connectivity index (χ3v) is 4.30. The number of rotatable bonds is 5. The third kappa shape index (κ3) is 5.73. The number of benzene rings is 3. The van der Waals surface area contributed by atoms with E-state index in [1.807, 2.05) is 54.6 Å². The summed E-state index contributed by atoms with van der Waals surface area (Å²) in [7, 11) is 2.95. The number of anilines is 1. The lowest BCUT2D eigenvalue weighted by atomic mass is 10.1. The van der Waals surface area contributed by atoms with Crippen LogP contribution in [-0.2, 0) is 16.0 Å². The molecule has 1 amide bonds. The van der Waals surface area contributed by atoms with Crippen molar-refractivity contribution >= 4 is 17.6 Å². The number of carbonyl (C=O) groups excluding carboxylic acids is 2. The zero-order valence-corrected chi connectivity index (χ0v) is 16.8. The van der Waals surface area contributed by atoms with Crippen LogP contribution in [0.3, 0.4) is 0 Å². The molecule has 150 valence electrons. The molecule has 0 spiro atoms. The molecule has 5 nitrogen and oxygen atoms in total. The smallest absolute Gasteiger partial charge is 0.337 e. The number of carbonyl (C=O) groups is 2. The van der Waals surface area contributed by atoms with Crippen LogP contribution < -0.4 is 10.1 Å². The Bertz CT molecular complexity index is 1110. The highest BCUT2D eigenvalue weighted by Crippen LogP contribution is 2.14. The van der Waals surface area contributed by atoms with Crippen LogP contribution >= 0.6 is 0 Å². The van der Waals surface area contributed by atoms with E-state index in [-0.39, 0.29) is 12.3 Å². The van der Waals surface area contributed by atoms with Crippen molar-refractivity contribution in [2.45, 2.75) is 6.42 Å². The number of ether oxygens (including phenoxy) is 2. The fourth-order valence-corrected chi connectivity index (χ4v) is 2.79. The molecule has 0 bridgehead atoms. The minimum Gasteiger partial charge on any atom is -0.497 e. The highest BCUT2D eigenvalue weighted by molar-refractivity contribution is 5.92. The van der Waals surface area contributed by atoms with Crippen molar-refractivity contribution < 1.29 is 19.1 Å². The minimum atomic E-state index is -0.403. The maximum Gasteiger partial charge on any atom is 0.337 e. The molecule has 0 heterocycles. The number of esters is 1. The summed E-state index contributed by atoms with van der Waals surface area (Å²) in [5.41, 5.74) is 3.47. The van der Waals surface area contributed by atoms with Crippen molar-refractivity contribution in [1.82, 2.24) is 0 Å². The molecule has 3 aromatic carbocycles. The molecule has 0 unspecified atom stereocenters. The van der Waals surface area contributed by atoms with Crippen molar-refractivity contribution in [3.8, 4) is 17.6 Å². The molecule has 3 aromatic rings. The van der Waals surface area contributed by atoms with Gasteiger partial charge in [0.1, 0.15) is 5.75 Å². The average molecular weight is 399 g/mol. The molecule has 30 heavy (non-hydrogen) atoms. The summed E-state index contributed by atoms with van der Waals surface area (Å²) in [6.45, 7) is 0. The lowest BCUT2D eigenvalue weighted by molar-refractivity contribution is -0.115. The quantitative estimate of drug-likeness (QED) is 0.519. The first-order valence-corrected chi connectivity index (χ1v) is 9.30. The number of methoxy groups -OCH3 is 2. The SMILES string of the molecule is COC(=O)c1cccc(C#Cc2cccc(NC(=O)Cc3ccc(OC)cc3)c2)c1. The maximum atomic E-state index is 12.3. The second-order valence-corrected chi connectivity index (χ2v) is 6.48. The summed E-state index contributed by atoms with van der Waals surface area (Å²) in [4.78, 5) is 24.0. The molecule has 0 saturated carbocycles. The fraction of sp³-hybridized carbons (Fsp3) is 0.120. The number of amides is 1. The van der Waals surface area contributed by atoms with E-state index in [0.717, 1.165) is 16.9 Å². The van der Waals surface area contributed by atoms with E-state index in [4.69, 9.17) is 9.47 Å². The Kier molecular flexibility index (Phi) is 6.86. The second kappa shape index (κ2) is 9.94. The van der Waals surface area contributed by atoms with Crippen molar-refractivity contribution in [1.29, 1.82) is 0 Å². The molecule has 0 aliphatic rings. The summed E-state index contributed by atoms with van der Waals surface area (Å²) < 4.78 is 9.85. The Hall–Kier alpha value is -4.04. The van der Waals surface area contributed by atoms with Crippen molar-refractivity contribution in [2.24, 2.45) is 0 Å². The predicted molar refractivity (Wildman–Crippen MR) is 116 cm³/mol. The molecule has 0 saturated heterocycles. The number of nitrogens with one attached hydrogen (secondary N) is 1. The van der Waals surface area contributed by atoms with Gasteiger partial charge < -0.3 is 14.8 Å². The van der Waals surface area contributed by atoms with Crippen LogP contribution in [0.15, 0.2) is 72.8 Å². The van der Waals surface area contributed by atoms with E-state index in [2.05, 4.69) is 17.2 Å². The van der Waals surface area contributed by atoms with Crippen LogP contribution in [0.25, 0.3) is 0 Å². The Morgan fingerprint density at radius 2 is 1.53 bits per heavy atom. The van der Waals surface area contributed by atoms with Crippen LogP contribution in [0, 0.1) is 11.8 Å². The first-order valence-electron chi connectivity index (χ1n) is 9.30. The van der Waals surface area contributed by atoms with Crippen molar-refractivity contribution in [3.05, 3.63) is 95.1 Å². The van der Waals surface area contributed by atoms with Crippen LogP contribution in [0.2, 0.25) is 0 Å². The van der Waals surface area contributed by atoms with Gasteiger partial charge in [-0.2, -0.15) is 0 Å². The molecule has 0 atom stereocenters. The van der Waals surface area contributed by atoms with Gasteiger partial charge in [-0.15, -0.1) is 0 Å². The predicted octanol–water partition coefficient (Wildman–Crippen LogP) is 4.06. The van der Waals surface area contributed by atoms with E-state index in [0.29, 0.717) is 16.8 Å². The summed E-state index contributed by atoms with van der Waals surface area (Å²) in [5.74, 6) is 6.32. The van der Waals surface area contributed by atoms with Gasteiger partial charge in [0.2, 0.25) is 5.91 Å². The molecule has 0 aromatic heterocycles. The van der Waals surface area contributed by atoms with Crippen LogP contribution in [0.1, 0.15) is 27.0 Å². The Morgan fingerprint density at radius 3 is 2.20 bits per heavy atom. The van der Waals surface area contributed by atoms with E-state index in [1.165, 1.54) is 7.11 Å². The van der Waals surface area contributed by atoms with E-state index >= 15 is 0 Å². The largest absolute Gasteiger partial charge is 0.497 e. The molecule has 0 radical (unpaired) electrons. The zero-order valence-electron chi connectivity index (χ0n) is 16.8. The van der Waals surface area contributed by atoms with Gasteiger partial charge in [-0.05, 0) is 54.1 Å². The molecular weight excluding hydrogens is 378 g/mol. The van der Waals surface area contributed by atoms with Gasteiger partial charge in [-0.25, -0.2) is 4.79 Å². The fourth-order valence-electron chi connectivity index (χ4n) is 2.79. The Morgan fingerprint density at radius 1 is 0.867 bits per heavy atom. The first-order chi connectivity index (χ1) is 14.6. The molecule has 5 heteroatoms. The Balaban J connectivity index is 1.67. The van der Waals surface area contributed by atoms with Gasteiger partial charge >= 0.3 is 5.97 Å². The molecule has 3 rings (SSSR count). The summed E-state index contributed by atoms with van der Waals surface area (Å²) >= 11 is 0. The van der Waals surface area contributed by atoms with Gasteiger partial charge in [0.05, 0.1) is 26.2 Å². The lowest BCUT2D eigenvalue weighted by Crippen LogP contribution is -2.14. The summed E-state index contributed by atoms with van der Waals surface area (Å²) in [6.07, 6.45) is 0.264. The molecule has 0 aliphatic heterocycles. The Labute approximate surface area is 175 Å². The molecular formula is C25H21NO4. The molecule has 1 N–H and O–H groups in total. The first kappa shape index (κ1) is 20.7. The van der Waals surface area contributed by atoms with Gasteiger partial charge in [0.25, 0.3) is 0 Å². The summed E-state index contributed by atoms with van der Waals surface area (Å²) in [5, 5.41) is 2.89. The van der Waals surface area contributed by atoms with Gasteiger partial charge in [-0.1, -0.05) is 36.1 Å². The normalized spacial score (nSPS) is 9.80. The number of hydrogen-bond acceptors (Lipinski definition) is 4. The van der Waals surface area contributed by atoms with Gasteiger partial charge in [0.15, 0.2) is 0 Å². The van der Waals surface area contributed by atoms with Crippen molar-refractivity contribution in [3.63, 3.8) is 0 Å². The number of hydrogen-bond donors (Lipinski definition) is 1. The highest BCUT2D eigenvalue weighted by Gasteiger charge is 2.06. The van der Waals surface area contributed by atoms with Crippen LogP contribution in [0.4, 0.5) is 5.69 Å². The highest BCUT2D eigenvalue weighted by atomic mass is 16.5. The summed E-state index contributed by atoms with van der Waals surface area (Å²) in [6, 6.07) is 21.6. The minimum absolute atomic E-state index is 0.115. The molecule has 0 fully saturated rings. The van der Waals surface area contributed by atoms with Crippen LogP contribution in [-0.4, -0.2) is 26.1 Å². The van der Waals surface area contributed by atoms with Crippen molar-refractivity contribution in [2.75, 3.05) is 19.5 Å². The topological polar surface area (TPSA) is 64.6 Å². The van der Waals surface area contributed by atoms with E-state index in [9.17, 15) is 9.59 Å². The average Bonchev–Trinajstić information content (AvgIpc) is 2.78. The molecule has 0 aliphatic carbocycles. The monoisotopic (exact) mass is 399 g/mol.